The van der Waals surface area contributed by atoms with Gasteiger partial charge in [-0.25, -0.2) is 0 Å². The van der Waals surface area contributed by atoms with Crippen molar-refractivity contribution in [1.29, 1.82) is 5.26 Å². The first-order valence-electron chi connectivity index (χ1n) is 9.78. The lowest BCUT2D eigenvalue weighted by atomic mass is 10.1. The Hall–Kier alpha value is -3.47. The lowest BCUT2D eigenvalue weighted by molar-refractivity contribution is -0.120. The van der Waals surface area contributed by atoms with E-state index in [-0.39, 0.29) is 35.6 Å². The van der Waals surface area contributed by atoms with E-state index in [1.54, 1.807) is 30.6 Å². The number of hydrogen-bond donors (Lipinski definition) is 2. The third kappa shape index (κ3) is 5.79. The lowest BCUT2D eigenvalue weighted by Gasteiger charge is -2.12. The van der Waals surface area contributed by atoms with Gasteiger partial charge in [0.2, 0.25) is 5.91 Å². The Labute approximate surface area is 185 Å². The van der Waals surface area contributed by atoms with Crippen molar-refractivity contribution < 1.29 is 4.79 Å². The summed E-state index contributed by atoms with van der Waals surface area (Å²) in [6.07, 6.45) is 3.65. The second kappa shape index (κ2) is 10.5. The maximum Gasteiger partial charge on any atom is 0.255 e. The van der Waals surface area contributed by atoms with Gasteiger partial charge in [0.25, 0.3) is 5.56 Å². The van der Waals surface area contributed by atoms with E-state index in [9.17, 15) is 14.9 Å². The van der Waals surface area contributed by atoms with Crippen LogP contribution in [0.3, 0.4) is 0 Å². The van der Waals surface area contributed by atoms with E-state index in [4.69, 9.17) is 17.3 Å². The van der Waals surface area contributed by atoms with E-state index in [1.165, 1.54) is 4.57 Å². The van der Waals surface area contributed by atoms with Gasteiger partial charge in [0, 0.05) is 54.7 Å². The number of amides is 1. The van der Waals surface area contributed by atoms with Crippen molar-refractivity contribution in [1.82, 2.24) is 14.9 Å². The Kier molecular flexibility index (Phi) is 7.55. The SMILES string of the molecule is N#Cc1ccn(CCc2ccccn2)c(=O)c1CC(=O)NCc1cc(Cl)ccc1CN. The predicted octanol–water partition coefficient (Wildman–Crippen LogP) is 2.33. The fourth-order valence-electron chi connectivity index (χ4n) is 3.23. The van der Waals surface area contributed by atoms with Gasteiger partial charge in [-0.3, -0.25) is 14.6 Å². The summed E-state index contributed by atoms with van der Waals surface area (Å²) in [4.78, 5) is 29.7. The molecule has 3 rings (SSSR count). The van der Waals surface area contributed by atoms with Crippen LogP contribution in [-0.2, 0) is 37.3 Å². The van der Waals surface area contributed by atoms with E-state index < -0.39 is 0 Å². The van der Waals surface area contributed by atoms with Gasteiger partial charge in [-0.1, -0.05) is 23.7 Å². The third-order valence-electron chi connectivity index (χ3n) is 4.92. The summed E-state index contributed by atoms with van der Waals surface area (Å²) in [5.41, 5.74) is 8.29. The van der Waals surface area contributed by atoms with Gasteiger partial charge in [-0.2, -0.15) is 5.26 Å². The van der Waals surface area contributed by atoms with Gasteiger partial charge >= 0.3 is 0 Å². The third-order valence-corrected chi connectivity index (χ3v) is 5.16. The minimum Gasteiger partial charge on any atom is -0.352 e. The highest BCUT2D eigenvalue weighted by Gasteiger charge is 2.15. The summed E-state index contributed by atoms with van der Waals surface area (Å²) in [5, 5.41) is 12.7. The first kappa shape index (κ1) is 22.2. The molecule has 2 aromatic heterocycles. The van der Waals surface area contributed by atoms with Crippen LogP contribution in [-0.4, -0.2) is 15.5 Å². The molecule has 0 atom stereocenters. The van der Waals surface area contributed by atoms with Crippen LogP contribution in [0.1, 0.15) is 27.9 Å². The molecule has 0 unspecified atom stereocenters. The summed E-state index contributed by atoms with van der Waals surface area (Å²) >= 11 is 6.03. The number of nitrogens with zero attached hydrogens (tertiary/aromatic N) is 3. The number of carbonyl (C=O) groups is 1. The Morgan fingerprint density at radius 1 is 1.23 bits per heavy atom. The molecule has 1 amide bonds. The summed E-state index contributed by atoms with van der Waals surface area (Å²) in [6.45, 7) is 0.952. The molecule has 0 aliphatic rings. The fraction of sp³-hybridized carbons (Fsp3) is 0.217. The van der Waals surface area contributed by atoms with Crippen molar-refractivity contribution in [3.63, 3.8) is 0 Å². The highest BCUT2D eigenvalue weighted by atomic mass is 35.5. The first-order chi connectivity index (χ1) is 15.0. The van der Waals surface area contributed by atoms with Crippen molar-refractivity contribution in [3.8, 4) is 6.07 Å². The van der Waals surface area contributed by atoms with Crippen molar-refractivity contribution in [3.05, 3.63) is 98.2 Å². The second-order valence-electron chi connectivity index (χ2n) is 6.96. The van der Waals surface area contributed by atoms with Crippen LogP contribution in [0, 0.1) is 11.3 Å². The van der Waals surface area contributed by atoms with E-state index in [1.807, 2.05) is 30.3 Å². The summed E-state index contributed by atoms with van der Waals surface area (Å²) in [7, 11) is 0. The quantitative estimate of drug-likeness (QED) is 0.563. The number of benzene rings is 1. The highest BCUT2D eigenvalue weighted by molar-refractivity contribution is 6.30. The van der Waals surface area contributed by atoms with Crippen LogP contribution in [0.2, 0.25) is 5.02 Å². The smallest absolute Gasteiger partial charge is 0.255 e. The Morgan fingerprint density at radius 3 is 2.77 bits per heavy atom. The largest absolute Gasteiger partial charge is 0.352 e. The molecule has 0 saturated heterocycles. The number of nitrogens with two attached hydrogens (primary N) is 1. The van der Waals surface area contributed by atoms with Crippen molar-refractivity contribution >= 4 is 17.5 Å². The van der Waals surface area contributed by atoms with Crippen LogP contribution in [0.25, 0.3) is 0 Å². The zero-order valence-corrected chi connectivity index (χ0v) is 17.6. The molecule has 8 heteroatoms. The van der Waals surface area contributed by atoms with Crippen LogP contribution in [0.4, 0.5) is 0 Å². The normalized spacial score (nSPS) is 10.5. The van der Waals surface area contributed by atoms with Gasteiger partial charge in [-0.15, -0.1) is 0 Å². The van der Waals surface area contributed by atoms with Gasteiger partial charge in [0.1, 0.15) is 0 Å². The maximum absolute atomic E-state index is 12.9. The molecule has 0 bridgehead atoms. The van der Waals surface area contributed by atoms with Gasteiger partial charge in [0.05, 0.1) is 18.1 Å². The molecule has 0 aliphatic heterocycles. The average molecular weight is 436 g/mol. The van der Waals surface area contributed by atoms with Crippen LogP contribution in [0.15, 0.2) is 59.7 Å². The fourth-order valence-corrected chi connectivity index (χ4v) is 3.42. The van der Waals surface area contributed by atoms with E-state index in [2.05, 4.69) is 10.3 Å². The number of hydrogen-bond acceptors (Lipinski definition) is 5. The number of rotatable bonds is 8. The molecule has 3 N–H and O–H groups in total. The molecule has 1 aromatic carbocycles. The zero-order chi connectivity index (χ0) is 22.2. The Morgan fingerprint density at radius 2 is 2.06 bits per heavy atom. The number of carbonyl (C=O) groups excluding carboxylic acids is 1. The lowest BCUT2D eigenvalue weighted by Crippen LogP contribution is -2.31. The van der Waals surface area contributed by atoms with Gasteiger partial charge in [-0.05, 0) is 41.5 Å². The average Bonchev–Trinajstić information content (AvgIpc) is 2.79. The maximum atomic E-state index is 12.9. The van der Waals surface area contributed by atoms with Crippen LogP contribution >= 0.6 is 11.6 Å². The zero-order valence-electron chi connectivity index (χ0n) is 16.8. The Balaban J connectivity index is 1.72. The Bertz CT molecular complexity index is 1170. The molecular weight excluding hydrogens is 414 g/mol. The second-order valence-corrected chi connectivity index (χ2v) is 7.40. The van der Waals surface area contributed by atoms with Crippen LogP contribution < -0.4 is 16.6 Å². The number of aryl methyl sites for hydroxylation is 2. The van der Waals surface area contributed by atoms with E-state index >= 15 is 0 Å². The van der Waals surface area contributed by atoms with Crippen molar-refractivity contribution in [2.45, 2.75) is 32.5 Å². The molecule has 7 nitrogen and oxygen atoms in total. The molecule has 0 spiro atoms. The molecule has 0 aliphatic carbocycles. The standard InChI is InChI=1S/C23H22ClN5O2/c24-19-5-4-16(13-25)18(11-19)15-28-22(30)12-21-17(14-26)6-9-29(23(21)31)10-7-20-3-1-2-8-27-20/h1-6,8-9,11H,7,10,12-13,15,25H2,(H,28,30). The summed E-state index contributed by atoms with van der Waals surface area (Å²) in [6, 6.07) is 14.5. The minimum absolute atomic E-state index is 0.175. The summed E-state index contributed by atoms with van der Waals surface area (Å²) < 4.78 is 1.50. The topological polar surface area (TPSA) is 114 Å². The van der Waals surface area contributed by atoms with Crippen molar-refractivity contribution in [2.75, 3.05) is 0 Å². The molecule has 3 aromatic rings. The van der Waals surface area contributed by atoms with E-state index in [0.717, 1.165) is 16.8 Å². The molecule has 31 heavy (non-hydrogen) atoms. The number of nitriles is 1. The molecule has 158 valence electrons. The molecular formula is C23H22ClN5O2. The molecule has 0 saturated carbocycles. The van der Waals surface area contributed by atoms with Gasteiger partial charge < -0.3 is 15.6 Å². The number of nitrogens with one attached hydrogen (secondary N) is 1. The minimum atomic E-state index is -0.362. The number of aromatic nitrogens is 2. The van der Waals surface area contributed by atoms with E-state index in [0.29, 0.717) is 24.5 Å². The summed E-state index contributed by atoms with van der Waals surface area (Å²) in [5.74, 6) is -0.362. The first-order valence-corrected chi connectivity index (χ1v) is 10.2. The number of pyridine rings is 2. The highest BCUT2D eigenvalue weighted by Crippen LogP contribution is 2.16. The van der Waals surface area contributed by atoms with Gasteiger partial charge in [0.15, 0.2) is 0 Å². The monoisotopic (exact) mass is 435 g/mol. The van der Waals surface area contributed by atoms with Crippen molar-refractivity contribution in [2.24, 2.45) is 5.73 Å². The predicted molar refractivity (Wildman–Crippen MR) is 118 cm³/mol. The molecule has 0 radical (unpaired) electrons. The van der Waals surface area contributed by atoms with Crippen LogP contribution in [0.5, 0.6) is 0 Å². The number of halogens is 1. The molecule has 0 fully saturated rings. The molecule has 2 heterocycles.